The van der Waals surface area contributed by atoms with Crippen molar-refractivity contribution >= 4 is 0 Å². The number of hydrogen-bond acceptors (Lipinski definition) is 5. The molecule has 1 saturated heterocycles. The number of alkyl halides is 3. The molecule has 1 aromatic heterocycles. The molecule has 0 amide bonds. The summed E-state index contributed by atoms with van der Waals surface area (Å²) in [5, 5.41) is 11.8. The highest BCUT2D eigenvalue weighted by atomic mass is 19.4. The number of nitrogens with zero attached hydrogens (tertiary/aromatic N) is 4. The summed E-state index contributed by atoms with van der Waals surface area (Å²) in [5.74, 6) is 1.18. The first-order valence-corrected chi connectivity index (χ1v) is 7.63. The van der Waals surface area contributed by atoms with Crippen LogP contribution in [0.3, 0.4) is 0 Å². The van der Waals surface area contributed by atoms with Crippen molar-refractivity contribution in [2.75, 3.05) is 19.8 Å². The van der Waals surface area contributed by atoms with E-state index in [0.29, 0.717) is 19.8 Å². The third-order valence-electron chi connectivity index (χ3n) is 3.78. The minimum absolute atomic E-state index is 0.172. The van der Waals surface area contributed by atoms with Gasteiger partial charge in [-0.25, -0.2) is 4.68 Å². The fraction of sp³-hybridized carbons (Fsp3) is 0.533. The summed E-state index contributed by atoms with van der Waals surface area (Å²) in [4.78, 5) is 0. The molecule has 24 heavy (non-hydrogen) atoms. The predicted molar refractivity (Wildman–Crippen MR) is 77.7 cm³/mol. The van der Waals surface area contributed by atoms with Crippen LogP contribution < -0.4 is 4.74 Å². The molecule has 1 aliphatic heterocycles. The minimum Gasteiger partial charge on any atom is -0.484 e. The number of halogens is 3. The Morgan fingerprint density at radius 3 is 2.79 bits per heavy atom. The van der Waals surface area contributed by atoms with Crippen LogP contribution >= 0.6 is 0 Å². The topological polar surface area (TPSA) is 62.1 Å². The third kappa shape index (κ3) is 4.44. The van der Waals surface area contributed by atoms with E-state index in [9.17, 15) is 13.2 Å². The van der Waals surface area contributed by atoms with Crippen LogP contribution in [0.25, 0.3) is 0 Å². The first-order valence-electron chi connectivity index (χ1n) is 7.63. The Balaban J connectivity index is 1.69. The van der Waals surface area contributed by atoms with Gasteiger partial charge in [0.15, 0.2) is 12.4 Å². The second-order valence-corrected chi connectivity index (χ2v) is 5.63. The number of hydrogen-bond donors (Lipinski definition) is 0. The van der Waals surface area contributed by atoms with Gasteiger partial charge >= 0.3 is 6.18 Å². The average molecular weight is 342 g/mol. The number of ether oxygens (including phenoxy) is 2. The van der Waals surface area contributed by atoms with E-state index in [1.807, 2.05) is 0 Å². The maximum atomic E-state index is 12.2. The van der Waals surface area contributed by atoms with Gasteiger partial charge in [-0.05, 0) is 41.0 Å². The van der Waals surface area contributed by atoms with Crippen molar-refractivity contribution in [2.45, 2.75) is 31.5 Å². The number of rotatable bonds is 5. The van der Waals surface area contributed by atoms with Crippen LogP contribution in [0.1, 0.15) is 30.1 Å². The standard InChI is InChI=1S/C15H17F3N4O2/c16-15(17,18)10-24-13-3-1-2-11(8-13)9-22-14(19-20-21-22)12-4-6-23-7-5-12/h1-3,8,12H,4-7,9-10H2. The summed E-state index contributed by atoms with van der Waals surface area (Å²) in [6.07, 6.45) is -2.65. The maximum absolute atomic E-state index is 12.2. The van der Waals surface area contributed by atoms with E-state index < -0.39 is 12.8 Å². The Morgan fingerprint density at radius 2 is 2.04 bits per heavy atom. The number of tetrazole rings is 1. The molecule has 9 heteroatoms. The second-order valence-electron chi connectivity index (χ2n) is 5.63. The highest BCUT2D eigenvalue weighted by Crippen LogP contribution is 2.25. The maximum Gasteiger partial charge on any atom is 0.422 e. The molecule has 130 valence electrons. The van der Waals surface area contributed by atoms with Crippen molar-refractivity contribution in [3.63, 3.8) is 0 Å². The van der Waals surface area contributed by atoms with E-state index in [4.69, 9.17) is 9.47 Å². The molecule has 2 aromatic rings. The molecule has 2 heterocycles. The van der Waals surface area contributed by atoms with Crippen LogP contribution in [0, 0.1) is 0 Å². The van der Waals surface area contributed by atoms with Crippen molar-refractivity contribution in [3.8, 4) is 5.75 Å². The second kappa shape index (κ2) is 7.16. The summed E-state index contributed by atoms with van der Waals surface area (Å²) in [6, 6.07) is 6.52. The highest BCUT2D eigenvalue weighted by molar-refractivity contribution is 5.28. The van der Waals surface area contributed by atoms with E-state index in [1.165, 1.54) is 6.07 Å². The molecule has 0 spiro atoms. The van der Waals surface area contributed by atoms with Crippen LogP contribution in [0.4, 0.5) is 13.2 Å². The van der Waals surface area contributed by atoms with Gasteiger partial charge in [0.2, 0.25) is 0 Å². The monoisotopic (exact) mass is 342 g/mol. The Kier molecular flexibility index (Phi) is 4.98. The van der Waals surface area contributed by atoms with E-state index >= 15 is 0 Å². The Labute approximate surface area is 136 Å². The van der Waals surface area contributed by atoms with Gasteiger partial charge in [-0.3, -0.25) is 0 Å². The smallest absolute Gasteiger partial charge is 0.422 e. The fourth-order valence-electron chi connectivity index (χ4n) is 2.64. The zero-order valence-electron chi connectivity index (χ0n) is 12.9. The van der Waals surface area contributed by atoms with Crippen molar-refractivity contribution in [1.29, 1.82) is 0 Å². The number of aromatic nitrogens is 4. The van der Waals surface area contributed by atoms with Crippen LogP contribution in [0.5, 0.6) is 5.75 Å². The van der Waals surface area contributed by atoms with Gasteiger partial charge in [0.1, 0.15) is 5.75 Å². The summed E-state index contributed by atoms with van der Waals surface area (Å²) >= 11 is 0. The SMILES string of the molecule is FC(F)(F)COc1cccc(Cn2nnnc2C2CCOCC2)c1. The normalized spacial score (nSPS) is 16.3. The van der Waals surface area contributed by atoms with Gasteiger partial charge < -0.3 is 9.47 Å². The van der Waals surface area contributed by atoms with E-state index in [2.05, 4.69) is 15.5 Å². The Hall–Kier alpha value is -2.16. The molecule has 1 fully saturated rings. The number of benzene rings is 1. The molecule has 0 radical (unpaired) electrons. The van der Waals surface area contributed by atoms with E-state index in [-0.39, 0.29) is 11.7 Å². The molecule has 0 bridgehead atoms. The lowest BCUT2D eigenvalue weighted by atomic mass is 9.99. The first-order chi connectivity index (χ1) is 11.5. The van der Waals surface area contributed by atoms with Crippen LogP contribution in [-0.4, -0.2) is 46.2 Å². The lowest BCUT2D eigenvalue weighted by Crippen LogP contribution is -2.19. The summed E-state index contributed by atoms with van der Waals surface area (Å²) < 4.78 is 48.5. The average Bonchev–Trinajstić information content (AvgIpc) is 3.02. The zero-order chi connectivity index (χ0) is 17.0. The van der Waals surface area contributed by atoms with Crippen LogP contribution in [-0.2, 0) is 11.3 Å². The fourth-order valence-corrected chi connectivity index (χ4v) is 2.64. The van der Waals surface area contributed by atoms with E-state index in [1.54, 1.807) is 22.9 Å². The van der Waals surface area contributed by atoms with Crippen LogP contribution in [0.2, 0.25) is 0 Å². The Bertz CT molecular complexity index is 669. The lowest BCUT2D eigenvalue weighted by molar-refractivity contribution is -0.153. The summed E-state index contributed by atoms with van der Waals surface area (Å²) in [6.45, 7) is 0.425. The third-order valence-corrected chi connectivity index (χ3v) is 3.78. The molecule has 0 unspecified atom stereocenters. The molecule has 1 aromatic carbocycles. The lowest BCUT2D eigenvalue weighted by Gasteiger charge is -2.21. The van der Waals surface area contributed by atoms with Gasteiger partial charge in [0.25, 0.3) is 0 Å². The van der Waals surface area contributed by atoms with Gasteiger partial charge in [0, 0.05) is 19.1 Å². The van der Waals surface area contributed by atoms with Gasteiger partial charge in [0.05, 0.1) is 6.54 Å². The molecule has 0 atom stereocenters. The molecular formula is C15H17F3N4O2. The summed E-state index contributed by atoms with van der Waals surface area (Å²) in [7, 11) is 0. The highest BCUT2D eigenvalue weighted by Gasteiger charge is 2.28. The van der Waals surface area contributed by atoms with Crippen molar-refractivity contribution in [2.24, 2.45) is 0 Å². The van der Waals surface area contributed by atoms with E-state index in [0.717, 1.165) is 24.2 Å². The predicted octanol–water partition coefficient (Wildman–Crippen LogP) is 2.56. The van der Waals surface area contributed by atoms with Gasteiger partial charge in [-0.2, -0.15) is 13.2 Å². The van der Waals surface area contributed by atoms with Crippen molar-refractivity contribution in [1.82, 2.24) is 20.2 Å². The van der Waals surface area contributed by atoms with Crippen LogP contribution in [0.15, 0.2) is 24.3 Å². The van der Waals surface area contributed by atoms with Gasteiger partial charge in [-0.15, -0.1) is 5.10 Å². The molecular weight excluding hydrogens is 325 g/mol. The van der Waals surface area contributed by atoms with Crippen molar-refractivity contribution < 1.29 is 22.6 Å². The minimum atomic E-state index is -4.36. The largest absolute Gasteiger partial charge is 0.484 e. The quantitative estimate of drug-likeness (QED) is 0.836. The summed E-state index contributed by atoms with van der Waals surface area (Å²) in [5.41, 5.74) is 0.773. The molecule has 1 aliphatic rings. The van der Waals surface area contributed by atoms with Crippen molar-refractivity contribution in [3.05, 3.63) is 35.7 Å². The molecule has 0 N–H and O–H groups in total. The molecule has 3 rings (SSSR count). The molecule has 0 aliphatic carbocycles. The zero-order valence-corrected chi connectivity index (χ0v) is 12.9. The van der Waals surface area contributed by atoms with Gasteiger partial charge in [-0.1, -0.05) is 12.1 Å². The first kappa shape index (κ1) is 16.7. The molecule has 6 nitrogen and oxygen atoms in total. The Morgan fingerprint density at radius 1 is 1.25 bits per heavy atom. The molecule has 0 saturated carbocycles.